The van der Waals surface area contributed by atoms with Crippen molar-refractivity contribution in [3.8, 4) is 0 Å². The standard InChI is InChI=1S/C11H15ClN2O3S/c1-2-13-11(15)9-3-5-10(6-4-9)14-18(16,17)8-7-12/h3-6,14H,2,7-8H2,1H3,(H,13,15). The van der Waals surface area contributed by atoms with Gasteiger partial charge in [-0.25, -0.2) is 8.42 Å². The normalized spacial score (nSPS) is 11.0. The lowest BCUT2D eigenvalue weighted by Gasteiger charge is -2.07. The van der Waals surface area contributed by atoms with E-state index in [1.807, 2.05) is 6.92 Å². The molecular formula is C11H15ClN2O3S. The molecule has 0 radical (unpaired) electrons. The van der Waals surface area contributed by atoms with Gasteiger partial charge in [0.1, 0.15) is 0 Å². The van der Waals surface area contributed by atoms with Crippen molar-refractivity contribution in [1.29, 1.82) is 0 Å². The largest absolute Gasteiger partial charge is 0.352 e. The van der Waals surface area contributed by atoms with Gasteiger partial charge >= 0.3 is 0 Å². The molecule has 7 heteroatoms. The lowest BCUT2D eigenvalue weighted by Crippen LogP contribution is -2.22. The van der Waals surface area contributed by atoms with Crippen LogP contribution >= 0.6 is 11.6 Å². The molecule has 1 aromatic carbocycles. The van der Waals surface area contributed by atoms with Gasteiger partial charge in [-0.1, -0.05) is 0 Å². The highest BCUT2D eigenvalue weighted by Crippen LogP contribution is 2.11. The molecule has 0 heterocycles. The van der Waals surface area contributed by atoms with Crippen molar-refractivity contribution in [2.45, 2.75) is 6.92 Å². The molecule has 5 nitrogen and oxygen atoms in total. The second-order valence-corrected chi connectivity index (χ2v) is 5.77. The zero-order valence-electron chi connectivity index (χ0n) is 9.94. The number of hydrogen-bond acceptors (Lipinski definition) is 3. The second kappa shape index (κ2) is 6.61. The van der Waals surface area contributed by atoms with E-state index in [1.165, 1.54) is 12.1 Å². The van der Waals surface area contributed by atoms with Crippen LogP contribution < -0.4 is 10.0 Å². The first-order chi connectivity index (χ1) is 8.48. The number of hydrogen-bond donors (Lipinski definition) is 2. The van der Waals surface area contributed by atoms with E-state index in [0.29, 0.717) is 17.8 Å². The van der Waals surface area contributed by atoms with Gasteiger partial charge in [-0.15, -0.1) is 11.6 Å². The Hall–Kier alpha value is -1.27. The highest BCUT2D eigenvalue weighted by atomic mass is 35.5. The van der Waals surface area contributed by atoms with E-state index in [0.717, 1.165) is 0 Å². The average molecular weight is 291 g/mol. The fraction of sp³-hybridized carbons (Fsp3) is 0.364. The first-order valence-corrected chi connectivity index (χ1v) is 7.62. The van der Waals surface area contributed by atoms with E-state index in [4.69, 9.17) is 11.6 Å². The monoisotopic (exact) mass is 290 g/mol. The first kappa shape index (κ1) is 14.8. The van der Waals surface area contributed by atoms with Crippen molar-refractivity contribution < 1.29 is 13.2 Å². The lowest BCUT2D eigenvalue weighted by molar-refractivity contribution is 0.0956. The highest BCUT2D eigenvalue weighted by molar-refractivity contribution is 7.92. The molecule has 0 spiro atoms. The molecule has 0 bridgehead atoms. The maximum atomic E-state index is 11.5. The third-order valence-corrected chi connectivity index (χ3v) is 3.81. The number of carbonyl (C=O) groups is 1. The molecule has 1 rings (SSSR count). The van der Waals surface area contributed by atoms with E-state index < -0.39 is 10.0 Å². The summed E-state index contributed by atoms with van der Waals surface area (Å²) in [7, 11) is -3.41. The van der Waals surface area contributed by atoms with E-state index in [2.05, 4.69) is 10.0 Å². The Balaban J connectivity index is 2.75. The summed E-state index contributed by atoms with van der Waals surface area (Å²) in [5.41, 5.74) is 0.894. The van der Waals surface area contributed by atoms with Gasteiger partial charge in [-0.3, -0.25) is 9.52 Å². The SMILES string of the molecule is CCNC(=O)c1ccc(NS(=O)(=O)CCCl)cc1. The summed E-state index contributed by atoms with van der Waals surface area (Å²) in [6, 6.07) is 6.19. The van der Waals surface area contributed by atoms with Crippen LogP contribution in [0.15, 0.2) is 24.3 Å². The van der Waals surface area contributed by atoms with Gasteiger partial charge in [-0.2, -0.15) is 0 Å². The molecule has 0 saturated carbocycles. The topological polar surface area (TPSA) is 75.3 Å². The minimum Gasteiger partial charge on any atom is -0.352 e. The number of benzene rings is 1. The molecule has 0 fully saturated rings. The summed E-state index contributed by atoms with van der Waals surface area (Å²) >= 11 is 5.38. The van der Waals surface area contributed by atoms with Gasteiger partial charge in [0.15, 0.2) is 0 Å². The number of rotatable bonds is 6. The number of halogens is 1. The quantitative estimate of drug-likeness (QED) is 0.778. The van der Waals surface area contributed by atoms with Crippen molar-refractivity contribution in [3.63, 3.8) is 0 Å². The van der Waals surface area contributed by atoms with Crippen molar-refractivity contribution in [3.05, 3.63) is 29.8 Å². The lowest BCUT2D eigenvalue weighted by atomic mass is 10.2. The van der Waals surface area contributed by atoms with Gasteiger partial charge in [0.2, 0.25) is 10.0 Å². The molecular weight excluding hydrogens is 276 g/mol. The molecule has 1 aromatic rings. The van der Waals surface area contributed by atoms with Gasteiger partial charge < -0.3 is 5.32 Å². The van der Waals surface area contributed by atoms with E-state index in [1.54, 1.807) is 12.1 Å². The van der Waals surface area contributed by atoms with Crippen LogP contribution in [0.2, 0.25) is 0 Å². The van der Waals surface area contributed by atoms with E-state index >= 15 is 0 Å². The third kappa shape index (κ3) is 4.54. The number of amides is 1. The maximum absolute atomic E-state index is 11.5. The van der Waals surface area contributed by atoms with Crippen LogP contribution in [0.3, 0.4) is 0 Å². The highest BCUT2D eigenvalue weighted by Gasteiger charge is 2.10. The fourth-order valence-corrected chi connectivity index (χ4v) is 2.69. The molecule has 0 saturated heterocycles. The van der Waals surface area contributed by atoms with Crippen LogP contribution in [-0.2, 0) is 10.0 Å². The predicted molar refractivity (Wildman–Crippen MR) is 72.6 cm³/mol. The van der Waals surface area contributed by atoms with Crippen LogP contribution in [0.25, 0.3) is 0 Å². The fourth-order valence-electron chi connectivity index (χ4n) is 1.28. The van der Waals surface area contributed by atoms with Crippen molar-refractivity contribution in [1.82, 2.24) is 5.32 Å². The van der Waals surface area contributed by atoms with E-state index in [-0.39, 0.29) is 17.5 Å². The van der Waals surface area contributed by atoms with Crippen LogP contribution in [0.4, 0.5) is 5.69 Å². The average Bonchev–Trinajstić information content (AvgIpc) is 2.29. The minimum absolute atomic E-state index is 0.0341. The summed E-state index contributed by atoms with van der Waals surface area (Å²) in [5, 5.41) is 2.65. The van der Waals surface area contributed by atoms with Gasteiger partial charge in [0, 0.05) is 23.7 Å². The first-order valence-electron chi connectivity index (χ1n) is 5.43. The molecule has 100 valence electrons. The Morgan fingerprint density at radius 3 is 2.39 bits per heavy atom. The summed E-state index contributed by atoms with van der Waals surface area (Å²) < 4.78 is 25.3. The number of sulfonamides is 1. The predicted octanol–water partition coefficient (Wildman–Crippen LogP) is 1.42. The minimum atomic E-state index is -3.41. The zero-order chi connectivity index (χ0) is 13.6. The van der Waals surface area contributed by atoms with E-state index in [9.17, 15) is 13.2 Å². The van der Waals surface area contributed by atoms with Crippen LogP contribution in [-0.4, -0.2) is 32.5 Å². The summed E-state index contributed by atoms with van der Waals surface area (Å²) in [6.07, 6.45) is 0. The Morgan fingerprint density at radius 1 is 1.28 bits per heavy atom. The molecule has 0 unspecified atom stereocenters. The molecule has 18 heavy (non-hydrogen) atoms. The summed E-state index contributed by atoms with van der Waals surface area (Å²) in [5.74, 6) is -0.299. The Kier molecular flexibility index (Phi) is 5.43. The summed E-state index contributed by atoms with van der Waals surface area (Å²) in [6.45, 7) is 2.37. The molecule has 0 aromatic heterocycles. The molecule has 2 N–H and O–H groups in total. The van der Waals surface area contributed by atoms with Crippen LogP contribution in [0, 0.1) is 0 Å². The van der Waals surface area contributed by atoms with Crippen LogP contribution in [0.1, 0.15) is 17.3 Å². The van der Waals surface area contributed by atoms with Crippen molar-refractivity contribution in [2.75, 3.05) is 22.9 Å². The smallest absolute Gasteiger partial charge is 0.251 e. The molecule has 0 atom stereocenters. The molecule has 0 aliphatic heterocycles. The van der Waals surface area contributed by atoms with Crippen molar-refractivity contribution >= 4 is 33.2 Å². The molecule has 0 aliphatic rings. The number of carbonyl (C=O) groups excluding carboxylic acids is 1. The van der Waals surface area contributed by atoms with Gasteiger partial charge in [-0.05, 0) is 31.2 Å². The number of nitrogens with one attached hydrogen (secondary N) is 2. The maximum Gasteiger partial charge on any atom is 0.251 e. The third-order valence-electron chi connectivity index (χ3n) is 2.10. The van der Waals surface area contributed by atoms with Gasteiger partial charge in [0.05, 0.1) is 5.75 Å². The van der Waals surface area contributed by atoms with Crippen molar-refractivity contribution in [2.24, 2.45) is 0 Å². The zero-order valence-corrected chi connectivity index (χ0v) is 11.5. The second-order valence-electron chi connectivity index (χ2n) is 3.55. The van der Waals surface area contributed by atoms with Gasteiger partial charge in [0.25, 0.3) is 5.91 Å². The Labute approximate surface area is 112 Å². The van der Waals surface area contributed by atoms with Crippen LogP contribution in [0.5, 0.6) is 0 Å². The molecule has 0 aliphatic carbocycles. The number of alkyl halides is 1. The molecule has 1 amide bonds. The Bertz CT molecular complexity index is 500. The summed E-state index contributed by atoms with van der Waals surface area (Å²) in [4.78, 5) is 11.5. The number of anilines is 1. The Morgan fingerprint density at radius 2 is 1.89 bits per heavy atom.